The van der Waals surface area contributed by atoms with Gasteiger partial charge in [0.1, 0.15) is 0 Å². The standard InChI is InChI=1S/C39H49NO2.2CH3.Hf/c1-24-20-30(36(41)32(22-24)38(3,4)5)26-14-9-11-16-28(26)34-18-13-19-35(40-34)29-17-12-10-15-27(29)31-21-25(2)23-33(37(31)42)39(6,7)8;;;/h13,18-23,41-42H,9-12,14-17H2,1-8H3;2*1H3;/q;;;+2/p-2. The van der Waals surface area contributed by atoms with Crippen LogP contribution >= 0.6 is 0 Å². The molecule has 2 aliphatic carbocycles. The summed E-state index contributed by atoms with van der Waals surface area (Å²) in [4.78, 5) is 5.30. The molecule has 0 saturated carbocycles. The number of benzene rings is 2. The average molecular weight is 770 g/mol. The number of hydrogen-bond donors (Lipinski definition) is 0. The predicted molar refractivity (Wildman–Crippen MR) is 185 cm³/mol. The molecule has 2 aromatic carbocycles. The monoisotopic (exact) mass is 771 g/mol. The molecule has 1 heterocycles. The third kappa shape index (κ3) is 8.10. The topological polar surface area (TPSA) is 59.0 Å². The first-order chi connectivity index (χ1) is 21.2. The van der Waals surface area contributed by atoms with Crippen LogP contribution in [0.5, 0.6) is 11.5 Å². The van der Waals surface area contributed by atoms with Crippen molar-refractivity contribution in [2.24, 2.45) is 0 Å². The number of rotatable bonds is 4. The van der Waals surface area contributed by atoms with Gasteiger partial charge < -0.3 is 10.2 Å². The van der Waals surface area contributed by atoms with Crippen molar-refractivity contribution in [2.75, 3.05) is 0 Å². The zero-order valence-electron chi connectivity index (χ0n) is 29.5. The van der Waals surface area contributed by atoms with Crippen molar-refractivity contribution >= 4 is 22.3 Å². The molecular formula is C41H53HfNO2. The molecule has 0 spiro atoms. The molecule has 0 fully saturated rings. The van der Waals surface area contributed by atoms with Crippen LogP contribution < -0.4 is 10.2 Å². The molecule has 0 N–H and O–H groups in total. The van der Waals surface area contributed by atoms with Crippen molar-refractivity contribution in [1.29, 1.82) is 0 Å². The minimum absolute atomic E-state index is 0.0833. The first-order valence-electron chi connectivity index (χ1n) is 16.8. The molecule has 0 aliphatic heterocycles. The van der Waals surface area contributed by atoms with Gasteiger partial charge in [0.05, 0.1) is 11.4 Å². The van der Waals surface area contributed by atoms with E-state index < -0.39 is 0 Å². The summed E-state index contributed by atoms with van der Waals surface area (Å²) in [6.07, 6.45) is 8.02. The molecule has 0 atom stereocenters. The van der Waals surface area contributed by atoms with Crippen LogP contribution in [0.15, 0.2) is 42.5 Å². The second kappa shape index (κ2) is 14.5. The third-order valence-corrected chi connectivity index (χ3v) is 9.04. The van der Waals surface area contributed by atoms with E-state index in [1.165, 1.54) is 22.3 Å². The Bertz CT molecular complexity index is 1480. The fourth-order valence-electron chi connectivity index (χ4n) is 6.85. The van der Waals surface area contributed by atoms with Gasteiger partial charge in [0.15, 0.2) is 0 Å². The molecule has 0 bridgehead atoms. The van der Waals surface area contributed by atoms with Crippen molar-refractivity contribution in [3.05, 3.63) is 87.2 Å². The van der Waals surface area contributed by atoms with E-state index in [1.807, 2.05) is 0 Å². The Morgan fingerprint density at radius 3 is 1.24 bits per heavy atom. The zero-order chi connectivity index (χ0) is 33.1. The van der Waals surface area contributed by atoms with E-state index in [-0.39, 0.29) is 45.2 Å². The SMILES string of the molecule is Cc1cc(C2=C(c3cccc(C4=C(c5cc(C)cc(C(C)(C)C)c5[O-])CCCC4)n3)CCCC2)c([O-])c(C(C)(C)C)c1.[CH3][Hf+2][CH3]. The molecule has 2 aliphatic rings. The summed E-state index contributed by atoms with van der Waals surface area (Å²) in [5, 5.41) is 27.6. The maximum absolute atomic E-state index is 13.8. The van der Waals surface area contributed by atoms with E-state index in [2.05, 4.69) is 107 Å². The second-order valence-corrected chi connectivity index (χ2v) is 18.7. The van der Waals surface area contributed by atoms with E-state index in [4.69, 9.17) is 4.98 Å². The summed E-state index contributed by atoms with van der Waals surface area (Å²) in [7, 11) is 0. The van der Waals surface area contributed by atoms with Gasteiger partial charge >= 0.3 is 32.3 Å². The number of nitrogens with zero attached hydrogens (tertiary/aromatic N) is 1. The van der Waals surface area contributed by atoms with Crippen molar-refractivity contribution < 1.29 is 33.1 Å². The Hall–Kier alpha value is -2.46. The summed E-state index contributed by atoms with van der Waals surface area (Å²) >= 11 is 0.0833. The van der Waals surface area contributed by atoms with Crippen LogP contribution in [0.3, 0.4) is 0 Å². The van der Waals surface area contributed by atoms with Crippen LogP contribution in [0.2, 0.25) is 9.36 Å². The number of aromatic nitrogens is 1. The van der Waals surface area contributed by atoms with Crippen LogP contribution in [0.4, 0.5) is 0 Å². The Morgan fingerprint density at radius 1 is 0.578 bits per heavy atom. The van der Waals surface area contributed by atoms with Gasteiger partial charge in [-0.1, -0.05) is 94.5 Å². The Kier molecular flexibility index (Phi) is 11.4. The summed E-state index contributed by atoms with van der Waals surface area (Å²) in [6.45, 7) is 16.9. The summed E-state index contributed by atoms with van der Waals surface area (Å²) in [5.74, 6) is 0.320. The fraction of sp³-hybridized carbons (Fsp3) is 0.488. The molecule has 3 aromatic rings. The molecule has 0 saturated heterocycles. The zero-order valence-corrected chi connectivity index (χ0v) is 33.1. The summed E-state index contributed by atoms with van der Waals surface area (Å²) in [6, 6.07) is 14.6. The number of aryl methyl sites for hydroxylation is 2. The molecule has 4 heteroatoms. The molecule has 1 aromatic heterocycles. The normalized spacial score (nSPS) is 15.9. The maximum atomic E-state index is 13.8. The van der Waals surface area contributed by atoms with Gasteiger partial charge in [-0.05, 0) is 133 Å². The van der Waals surface area contributed by atoms with Gasteiger partial charge in [-0.2, -0.15) is 0 Å². The Morgan fingerprint density at radius 2 is 0.911 bits per heavy atom. The van der Waals surface area contributed by atoms with Gasteiger partial charge in [-0.25, -0.2) is 4.98 Å². The molecule has 0 unspecified atom stereocenters. The predicted octanol–water partition coefficient (Wildman–Crippen LogP) is 10.6. The Balaban J connectivity index is 0.00000148. The third-order valence-electron chi connectivity index (χ3n) is 9.04. The molecule has 238 valence electrons. The number of allylic oxidation sites excluding steroid dienone is 4. The van der Waals surface area contributed by atoms with E-state index >= 15 is 0 Å². The van der Waals surface area contributed by atoms with Gasteiger partial charge in [0, 0.05) is 0 Å². The molecule has 5 rings (SSSR count). The first-order valence-corrected chi connectivity index (χ1v) is 24.0. The van der Waals surface area contributed by atoms with Gasteiger partial charge in [-0.3, -0.25) is 0 Å². The molecule has 0 radical (unpaired) electrons. The van der Waals surface area contributed by atoms with Crippen LogP contribution in [-0.4, -0.2) is 4.98 Å². The van der Waals surface area contributed by atoms with E-state index in [9.17, 15) is 10.2 Å². The number of hydrogen-bond acceptors (Lipinski definition) is 3. The molecule has 45 heavy (non-hydrogen) atoms. The summed E-state index contributed by atoms with van der Waals surface area (Å²) in [5.41, 5.74) is 12.0. The average Bonchev–Trinajstić information content (AvgIpc) is 2.98. The van der Waals surface area contributed by atoms with Crippen molar-refractivity contribution in [3.8, 4) is 11.5 Å². The van der Waals surface area contributed by atoms with Crippen LogP contribution in [0.1, 0.15) is 138 Å². The van der Waals surface area contributed by atoms with Crippen molar-refractivity contribution in [1.82, 2.24) is 4.98 Å². The van der Waals surface area contributed by atoms with E-state index in [0.717, 1.165) is 96.1 Å². The van der Waals surface area contributed by atoms with Crippen LogP contribution in [-0.2, 0) is 33.7 Å². The first kappa shape index (κ1) is 35.4. The molecule has 0 amide bonds. The number of pyridine rings is 1. The quantitative estimate of drug-likeness (QED) is 0.248. The molecule has 3 nitrogen and oxygen atoms in total. The van der Waals surface area contributed by atoms with Gasteiger partial charge in [0.2, 0.25) is 0 Å². The van der Waals surface area contributed by atoms with E-state index in [1.54, 1.807) is 0 Å². The second-order valence-electron chi connectivity index (χ2n) is 15.1. The van der Waals surface area contributed by atoms with Crippen LogP contribution in [0, 0.1) is 13.8 Å². The Labute approximate surface area is 284 Å². The van der Waals surface area contributed by atoms with Crippen molar-refractivity contribution in [3.63, 3.8) is 0 Å². The van der Waals surface area contributed by atoms with Crippen LogP contribution in [0.25, 0.3) is 22.3 Å². The minimum atomic E-state index is -0.210. The molecular weight excluding hydrogens is 717 g/mol. The van der Waals surface area contributed by atoms with Gasteiger partial charge in [0.25, 0.3) is 0 Å². The van der Waals surface area contributed by atoms with Gasteiger partial charge in [-0.15, -0.1) is 0 Å². The van der Waals surface area contributed by atoms with Crippen molar-refractivity contribution in [2.45, 2.75) is 127 Å². The summed E-state index contributed by atoms with van der Waals surface area (Å²) < 4.78 is 4.64. The van der Waals surface area contributed by atoms with E-state index in [0.29, 0.717) is 0 Å². The fourth-order valence-corrected chi connectivity index (χ4v) is 6.85.